The molecule has 0 amide bonds. The van der Waals surface area contributed by atoms with Crippen molar-refractivity contribution in [3.8, 4) is 39.5 Å². The number of nitrogens with zero attached hydrogens (tertiary/aromatic N) is 4. The van der Waals surface area contributed by atoms with Crippen LogP contribution >= 0.6 is 0 Å². The summed E-state index contributed by atoms with van der Waals surface area (Å²) >= 11 is -1.86. The third-order valence-corrected chi connectivity index (χ3v) is 14.2. The van der Waals surface area contributed by atoms with Crippen molar-refractivity contribution in [1.29, 1.82) is 0 Å². The number of pyridine rings is 2. The summed E-state index contributed by atoms with van der Waals surface area (Å²) in [5, 5.41) is 2.00. The van der Waals surface area contributed by atoms with Crippen molar-refractivity contribution in [1.82, 2.24) is 19.5 Å². The van der Waals surface area contributed by atoms with Gasteiger partial charge in [0.25, 0.3) is 0 Å². The van der Waals surface area contributed by atoms with Crippen LogP contribution in [0, 0.1) is 25.0 Å². The Morgan fingerprint density at radius 2 is 1.50 bits per heavy atom. The molecule has 5 nitrogen and oxygen atoms in total. The van der Waals surface area contributed by atoms with Gasteiger partial charge in [-0.1, -0.05) is 66.0 Å². The molecule has 56 heavy (non-hydrogen) atoms. The second kappa shape index (κ2) is 16.5. The number of furan rings is 1. The maximum Gasteiger partial charge on any atom is 0.216 e. The Labute approximate surface area is 345 Å². The minimum Gasteiger partial charge on any atom is -0.486 e. The fraction of sp³-hybridized carbons (Fsp3) is 0.163. The van der Waals surface area contributed by atoms with Gasteiger partial charge in [0.2, 0.25) is 5.71 Å². The third-order valence-electron chi connectivity index (χ3n) is 9.85. The van der Waals surface area contributed by atoms with Gasteiger partial charge >= 0.3 is 126 Å². The quantitative estimate of drug-likeness (QED) is 0.118. The zero-order chi connectivity index (χ0) is 38.1. The molecule has 0 aliphatic carbocycles. The zero-order valence-electron chi connectivity index (χ0n) is 32.6. The molecule has 0 atom stereocenters. The van der Waals surface area contributed by atoms with Crippen LogP contribution in [0.3, 0.4) is 0 Å². The van der Waals surface area contributed by atoms with Crippen molar-refractivity contribution in [2.24, 2.45) is 5.92 Å². The Morgan fingerprint density at radius 3 is 2.27 bits per heavy atom. The van der Waals surface area contributed by atoms with Gasteiger partial charge in [-0.15, -0.1) is 23.8 Å². The van der Waals surface area contributed by atoms with E-state index >= 15 is 0 Å². The van der Waals surface area contributed by atoms with Crippen LogP contribution < -0.4 is 4.40 Å². The second-order valence-corrected chi connectivity index (χ2v) is 26.1. The van der Waals surface area contributed by atoms with Gasteiger partial charge in [0.05, 0.1) is 22.4 Å². The number of benzene rings is 5. The van der Waals surface area contributed by atoms with Gasteiger partial charge in [0.1, 0.15) is 0 Å². The summed E-state index contributed by atoms with van der Waals surface area (Å²) < 4.78 is 9.78. The Bertz CT molecular complexity index is 2770. The topological polar surface area (TPSA) is 56.7 Å². The Kier molecular flexibility index (Phi) is 11.5. The molecule has 0 N–H and O–H groups in total. The molecular weight excluding hydrogens is 925 g/mol. The van der Waals surface area contributed by atoms with Crippen molar-refractivity contribution < 1.29 is 24.5 Å². The van der Waals surface area contributed by atoms with Crippen molar-refractivity contribution in [2.45, 2.75) is 44.5 Å². The standard InChI is InChI=1S/C31H20N3O.C18H24GeN.Ir/c1-20-15-17-24-25-19-22(16-18-29(25)35-31(24)32-20)30-33-26-12-6-8-14-28(26)34(30)27-13-7-5-11-23(27)21-9-3-2-4-10-21;1-14(2)11-16-12-18(15-9-7-6-8-10-15)20-13-17(16)19(3,4)5;/h2-15,17-19H,1H3;6-9,12-14H,11H2,1-5H3;/q2*-1;. The summed E-state index contributed by atoms with van der Waals surface area (Å²) in [6.07, 6.45) is 3.27. The molecule has 0 aliphatic heterocycles. The third kappa shape index (κ3) is 8.06. The summed E-state index contributed by atoms with van der Waals surface area (Å²) in [6, 6.07) is 52.3. The summed E-state index contributed by atoms with van der Waals surface area (Å²) in [6.45, 7) is 6.54. The van der Waals surface area contributed by atoms with Gasteiger partial charge in [0, 0.05) is 42.4 Å². The van der Waals surface area contributed by atoms with Crippen molar-refractivity contribution in [2.75, 3.05) is 0 Å². The molecule has 0 bridgehead atoms. The van der Waals surface area contributed by atoms with E-state index in [-0.39, 0.29) is 20.1 Å². The van der Waals surface area contributed by atoms with Crippen LogP contribution in [0.15, 0.2) is 144 Å². The molecular formula is C49H44GeIrN4O-2. The van der Waals surface area contributed by atoms with Crippen molar-refractivity contribution in [3.63, 3.8) is 0 Å². The van der Waals surface area contributed by atoms with Gasteiger partial charge in [0.15, 0.2) is 0 Å². The molecule has 5 aromatic carbocycles. The SMILES string of the molecule is CC(C)Cc1cc(-c2[c-]cccc2)nc[c]1[Ge]([CH3])([CH3])[CH3].Cc1ccc2c(n1)oc1c[c-]c(-c3nc4ccccc4n3-c3ccccc3-c3ccccc3)cc12.[Ir]. The van der Waals surface area contributed by atoms with Gasteiger partial charge in [-0.2, -0.15) is 0 Å². The minimum absolute atomic E-state index is 0. The molecule has 1 radical (unpaired) electrons. The molecule has 9 rings (SSSR count). The molecule has 4 aromatic heterocycles. The average Bonchev–Trinajstić information content (AvgIpc) is 3.76. The Morgan fingerprint density at radius 1 is 0.750 bits per heavy atom. The maximum atomic E-state index is 6.01. The predicted octanol–water partition coefficient (Wildman–Crippen LogP) is 12.1. The van der Waals surface area contributed by atoms with Gasteiger partial charge in [-0.05, 0) is 42.8 Å². The molecule has 0 aliphatic rings. The predicted molar refractivity (Wildman–Crippen MR) is 231 cm³/mol. The number of fused-ring (bicyclic) bond motifs is 4. The molecule has 0 fully saturated rings. The molecule has 0 saturated carbocycles. The van der Waals surface area contributed by atoms with E-state index in [1.807, 2.05) is 49.4 Å². The molecule has 0 saturated heterocycles. The average molecular weight is 970 g/mol. The minimum atomic E-state index is -1.86. The first-order chi connectivity index (χ1) is 26.6. The summed E-state index contributed by atoms with van der Waals surface area (Å²) in [7, 11) is 0. The number of para-hydroxylation sites is 3. The molecule has 281 valence electrons. The van der Waals surface area contributed by atoms with E-state index in [2.05, 4.69) is 150 Å². The number of hydrogen-bond acceptors (Lipinski definition) is 4. The number of aryl methyl sites for hydroxylation is 1. The number of imidazole rings is 1. The smallest absolute Gasteiger partial charge is 0.216 e. The maximum absolute atomic E-state index is 6.01. The molecule has 0 unspecified atom stereocenters. The molecule has 7 heteroatoms. The van der Waals surface area contributed by atoms with Gasteiger partial charge in [-0.25, -0.2) is 4.98 Å². The summed E-state index contributed by atoms with van der Waals surface area (Å²) in [5.41, 5.74) is 12.3. The van der Waals surface area contributed by atoms with Crippen molar-refractivity contribution in [3.05, 3.63) is 163 Å². The van der Waals surface area contributed by atoms with Crippen LogP contribution in [-0.2, 0) is 26.5 Å². The Hall–Kier alpha value is -5.14. The van der Waals surface area contributed by atoms with Crippen LogP contribution in [0.25, 0.3) is 72.6 Å². The van der Waals surface area contributed by atoms with Gasteiger partial charge < -0.3 is 8.98 Å². The second-order valence-electron chi connectivity index (χ2n) is 15.5. The molecule has 9 aromatic rings. The number of aromatic nitrogens is 4. The van der Waals surface area contributed by atoms with Crippen molar-refractivity contribution >= 4 is 50.8 Å². The monoisotopic (exact) mass is 971 g/mol. The van der Waals surface area contributed by atoms with Crippen LogP contribution in [0.1, 0.15) is 25.1 Å². The largest absolute Gasteiger partial charge is 0.486 e. The van der Waals surface area contributed by atoms with E-state index in [1.165, 1.54) is 5.56 Å². The summed E-state index contributed by atoms with van der Waals surface area (Å²) in [5.74, 6) is 8.83. The van der Waals surface area contributed by atoms with Crippen LogP contribution in [0.4, 0.5) is 0 Å². The van der Waals surface area contributed by atoms with Crippen LogP contribution in [0.2, 0.25) is 17.3 Å². The van der Waals surface area contributed by atoms with E-state index in [1.54, 1.807) is 4.40 Å². The van der Waals surface area contributed by atoms with E-state index in [0.29, 0.717) is 11.6 Å². The first-order valence-corrected chi connectivity index (χ1v) is 26.3. The van der Waals surface area contributed by atoms with Gasteiger partial charge in [-0.3, -0.25) is 4.98 Å². The molecule has 4 heterocycles. The van der Waals surface area contributed by atoms with E-state index in [9.17, 15) is 0 Å². The van der Waals surface area contributed by atoms with E-state index in [4.69, 9.17) is 14.4 Å². The van der Waals surface area contributed by atoms with Crippen LogP contribution in [0.5, 0.6) is 0 Å². The fourth-order valence-corrected chi connectivity index (χ4v) is 10.6. The fourth-order valence-electron chi connectivity index (χ4n) is 7.28. The number of rotatable bonds is 7. The van der Waals surface area contributed by atoms with Crippen LogP contribution in [-0.4, -0.2) is 32.8 Å². The first-order valence-electron chi connectivity index (χ1n) is 18.9. The Balaban J connectivity index is 0.000000197. The number of hydrogen-bond donors (Lipinski definition) is 0. The first kappa shape index (κ1) is 39.1. The van der Waals surface area contributed by atoms with E-state index < -0.39 is 13.3 Å². The molecule has 0 spiro atoms. The zero-order valence-corrected chi connectivity index (χ0v) is 37.1. The normalized spacial score (nSPS) is 11.5. The summed E-state index contributed by atoms with van der Waals surface area (Å²) in [4.78, 5) is 14.3. The van der Waals surface area contributed by atoms with E-state index in [0.717, 1.165) is 79.0 Å².